The van der Waals surface area contributed by atoms with Crippen LogP contribution in [0, 0.1) is 13.8 Å². The molecule has 0 unspecified atom stereocenters. The van der Waals surface area contributed by atoms with Gasteiger partial charge in [-0.05, 0) is 43.7 Å². The third-order valence-corrected chi connectivity index (χ3v) is 6.88. The third-order valence-electron chi connectivity index (χ3n) is 5.74. The molecule has 176 valence electrons. The van der Waals surface area contributed by atoms with E-state index in [0.29, 0.717) is 22.2 Å². The van der Waals surface area contributed by atoms with Crippen LogP contribution in [0.15, 0.2) is 64.3 Å². The van der Waals surface area contributed by atoms with Crippen LogP contribution in [0.5, 0.6) is 5.75 Å². The highest BCUT2D eigenvalue weighted by Crippen LogP contribution is 2.43. The first kappa shape index (κ1) is 22.5. The molecule has 1 N–H and O–H groups in total. The van der Waals surface area contributed by atoms with Crippen LogP contribution >= 0.6 is 11.3 Å². The molecule has 0 aliphatic carbocycles. The zero-order valence-electron chi connectivity index (χ0n) is 18.9. The third kappa shape index (κ3) is 3.70. The first-order valence-electron chi connectivity index (χ1n) is 10.8. The van der Waals surface area contributed by atoms with Gasteiger partial charge in [0.15, 0.2) is 10.6 Å². The number of amides is 1. The molecular weight excluding hydrogens is 468 g/mol. The Morgan fingerprint density at radius 2 is 1.97 bits per heavy atom. The number of aromatic nitrogens is 1. The van der Waals surface area contributed by atoms with Gasteiger partial charge < -0.3 is 14.3 Å². The van der Waals surface area contributed by atoms with Crippen molar-refractivity contribution in [1.29, 1.82) is 0 Å². The molecule has 2 aromatic carbocycles. The highest BCUT2D eigenvalue weighted by atomic mass is 32.1. The Balaban J connectivity index is 1.72. The van der Waals surface area contributed by atoms with E-state index in [1.807, 2.05) is 6.92 Å². The molecule has 0 saturated heterocycles. The average molecular weight is 489 g/mol. The van der Waals surface area contributed by atoms with Gasteiger partial charge in [0.2, 0.25) is 5.76 Å². The number of fused-ring (bicyclic) bond motifs is 2. The van der Waals surface area contributed by atoms with Gasteiger partial charge in [-0.25, -0.2) is 9.78 Å². The monoisotopic (exact) mass is 488 g/mol. The van der Waals surface area contributed by atoms with E-state index in [1.54, 1.807) is 37.3 Å². The summed E-state index contributed by atoms with van der Waals surface area (Å²) >= 11 is 0.996. The van der Waals surface area contributed by atoms with Crippen molar-refractivity contribution in [3.05, 3.63) is 98.4 Å². The van der Waals surface area contributed by atoms with Gasteiger partial charge in [0, 0.05) is 0 Å². The second-order valence-electron chi connectivity index (χ2n) is 8.14. The molecule has 0 spiro atoms. The summed E-state index contributed by atoms with van der Waals surface area (Å²) in [4.78, 5) is 45.9. The summed E-state index contributed by atoms with van der Waals surface area (Å²) in [5.74, 6) is -1.15. The quantitative estimate of drug-likeness (QED) is 0.321. The predicted octanol–water partition coefficient (Wildman–Crippen LogP) is 4.66. The van der Waals surface area contributed by atoms with E-state index >= 15 is 0 Å². The number of hydrogen-bond acceptors (Lipinski definition) is 8. The predicted molar refractivity (Wildman–Crippen MR) is 131 cm³/mol. The number of ether oxygens (including phenoxy) is 1. The molecule has 9 heteroatoms. The molecule has 0 bridgehead atoms. The largest absolute Gasteiger partial charge is 0.508 e. The molecule has 0 radical (unpaired) electrons. The van der Waals surface area contributed by atoms with Crippen LogP contribution < -0.4 is 10.3 Å². The molecule has 1 aliphatic rings. The highest BCUT2D eigenvalue weighted by molar-refractivity contribution is 7.17. The van der Waals surface area contributed by atoms with E-state index in [9.17, 15) is 19.5 Å². The number of nitrogens with zero attached hydrogens (tertiary/aromatic N) is 2. The van der Waals surface area contributed by atoms with E-state index in [2.05, 4.69) is 11.6 Å². The Kier molecular flexibility index (Phi) is 5.49. The van der Waals surface area contributed by atoms with Gasteiger partial charge in [0.05, 0.1) is 22.7 Å². The normalized spacial score (nSPS) is 14.9. The van der Waals surface area contributed by atoms with Crippen molar-refractivity contribution in [1.82, 2.24) is 4.98 Å². The number of phenolic OH excluding ortho intramolecular Hbond substituents is 1. The van der Waals surface area contributed by atoms with Crippen molar-refractivity contribution in [2.45, 2.75) is 19.9 Å². The van der Waals surface area contributed by atoms with Crippen LogP contribution in [0.1, 0.15) is 48.7 Å². The zero-order valence-corrected chi connectivity index (χ0v) is 19.7. The van der Waals surface area contributed by atoms with E-state index in [1.165, 1.54) is 23.1 Å². The summed E-state index contributed by atoms with van der Waals surface area (Å²) < 4.78 is 11.1. The molecule has 1 atom stereocenters. The second-order valence-corrected chi connectivity index (χ2v) is 9.12. The fourth-order valence-corrected chi connectivity index (χ4v) is 5.12. The van der Waals surface area contributed by atoms with Crippen LogP contribution in [0.2, 0.25) is 0 Å². The lowest BCUT2D eigenvalue weighted by Gasteiger charge is -2.22. The molecule has 1 amide bonds. The molecular formula is C26H20N2O6S. The van der Waals surface area contributed by atoms with Crippen LogP contribution in [-0.2, 0) is 4.74 Å². The lowest BCUT2D eigenvalue weighted by molar-refractivity contribution is 0.0554. The molecule has 0 saturated carbocycles. The standard InChI is InChI=1S/C26H20N2O6S/c1-4-11-33-25(32)23-14(3)27-26(35-23)28-20(15-6-8-16(29)9-7-15)19-21(30)17-12-13(2)5-10-18(17)34-22(19)24(28)31/h4-10,12,20,29H,1,11H2,2-3H3/t20-/m0/s1. The van der Waals surface area contributed by atoms with Gasteiger partial charge in [-0.3, -0.25) is 14.5 Å². The second kappa shape index (κ2) is 8.52. The van der Waals surface area contributed by atoms with Crippen molar-refractivity contribution < 1.29 is 23.8 Å². The van der Waals surface area contributed by atoms with Crippen LogP contribution in [-0.4, -0.2) is 28.6 Å². The number of esters is 1. The maximum absolute atomic E-state index is 13.7. The van der Waals surface area contributed by atoms with Gasteiger partial charge >= 0.3 is 5.97 Å². The average Bonchev–Trinajstić information content (AvgIpc) is 3.36. The molecule has 0 fully saturated rings. The molecule has 2 aromatic heterocycles. The number of anilines is 1. The number of carbonyl (C=O) groups excluding carboxylic acids is 2. The molecule has 1 aliphatic heterocycles. The number of carbonyl (C=O) groups is 2. The molecule has 4 aromatic rings. The van der Waals surface area contributed by atoms with E-state index in [4.69, 9.17) is 9.15 Å². The summed E-state index contributed by atoms with van der Waals surface area (Å²) in [5.41, 5.74) is 2.03. The SMILES string of the molecule is C=CCOC(=O)c1sc(N2C(=O)c3oc4ccc(C)cc4c(=O)c3[C@@H]2c2ccc(O)cc2)nc1C. The molecule has 3 heterocycles. The minimum atomic E-state index is -0.859. The summed E-state index contributed by atoms with van der Waals surface area (Å²) in [6.07, 6.45) is 1.46. The Morgan fingerprint density at radius 3 is 2.69 bits per heavy atom. The number of aryl methyl sites for hydroxylation is 2. The maximum Gasteiger partial charge on any atom is 0.350 e. The first-order chi connectivity index (χ1) is 16.8. The Hall–Kier alpha value is -4.24. The minimum Gasteiger partial charge on any atom is -0.508 e. The Labute approximate surface area is 203 Å². The van der Waals surface area contributed by atoms with Gasteiger partial charge in [0.25, 0.3) is 5.91 Å². The van der Waals surface area contributed by atoms with E-state index in [-0.39, 0.29) is 39.1 Å². The lowest BCUT2D eigenvalue weighted by atomic mass is 9.98. The summed E-state index contributed by atoms with van der Waals surface area (Å²) in [6, 6.07) is 10.6. The number of aromatic hydroxyl groups is 1. The summed E-state index contributed by atoms with van der Waals surface area (Å²) in [5, 5.41) is 10.4. The van der Waals surface area contributed by atoms with E-state index < -0.39 is 17.9 Å². The zero-order chi connectivity index (χ0) is 24.9. The number of phenols is 1. The topological polar surface area (TPSA) is 110 Å². The molecule has 35 heavy (non-hydrogen) atoms. The van der Waals surface area contributed by atoms with Gasteiger partial charge in [0.1, 0.15) is 22.8 Å². The Bertz CT molecular complexity index is 1570. The van der Waals surface area contributed by atoms with Crippen LogP contribution in [0.3, 0.4) is 0 Å². The van der Waals surface area contributed by atoms with Gasteiger partial charge in [-0.1, -0.05) is 47.8 Å². The maximum atomic E-state index is 13.7. The number of benzene rings is 2. The van der Waals surface area contributed by atoms with Gasteiger partial charge in [-0.15, -0.1) is 0 Å². The molecule has 5 rings (SSSR count). The minimum absolute atomic E-state index is 0.0418. The summed E-state index contributed by atoms with van der Waals surface area (Å²) in [6.45, 7) is 7.09. The van der Waals surface area contributed by atoms with Crippen molar-refractivity contribution >= 4 is 39.3 Å². The fraction of sp³-hybridized carbons (Fsp3) is 0.154. The van der Waals surface area contributed by atoms with Crippen LogP contribution in [0.25, 0.3) is 11.0 Å². The number of thiazole rings is 1. The van der Waals surface area contributed by atoms with Crippen molar-refractivity contribution in [2.75, 3.05) is 11.5 Å². The molecule has 8 nitrogen and oxygen atoms in total. The summed E-state index contributed by atoms with van der Waals surface area (Å²) in [7, 11) is 0. The Morgan fingerprint density at radius 1 is 1.23 bits per heavy atom. The van der Waals surface area contributed by atoms with Gasteiger partial charge in [-0.2, -0.15) is 0 Å². The highest BCUT2D eigenvalue weighted by Gasteiger charge is 2.45. The lowest BCUT2D eigenvalue weighted by Crippen LogP contribution is -2.29. The van der Waals surface area contributed by atoms with Crippen LogP contribution in [0.4, 0.5) is 5.13 Å². The van der Waals surface area contributed by atoms with Crippen molar-refractivity contribution in [2.24, 2.45) is 0 Å². The van der Waals surface area contributed by atoms with E-state index in [0.717, 1.165) is 16.9 Å². The first-order valence-corrected chi connectivity index (χ1v) is 11.6. The smallest absolute Gasteiger partial charge is 0.350 e. The van der Waals surface area contributed by atoms with Crippen molar-refractivity contribution in [3.63, 3.8) is 0 Å². The number of rotatable bonds is 5. The van der Waals surface area contributed by atoms with Crippen molar-refractivity contribution in [3.8, 4) is 5.75 Å². The fourth-order valence-electron chi connectivity index (χ4n) is 4.13. The number of hydrogen-bond donors (Lipinski definition) is 1.